The monoisotopic (exact) mass is 294 g/mol. The van der Waals surface area contributed by atoms with Crippen molar-refractivity contribution in [1.29, 1.82) is 0 Å². The summed E-state index contributed by atoms with van der Waals surface area (Å²) in [5, 5.41) is 7.42. The van der Waals surface area contributed by atoms with E-state index in [1.165, 1.54) is 0 Å². The van der Waals surface area contributed by atoms with Gasteiger partial charge in [-0.15, -0.1) is 0 Å². The maximum atomic E-state index is 5.14. The molecule has 0 aliphatic carbocycles. The Balaban J connectivity index is 2.39. The highest BCUT2D eigenvalue weighted by Gasteiger charge is 2.14. The lowest BCUT2D eigenvalue weighted by Crippen LogP contribution is -1.87. The van der Waals surface area contributed by atoms with Gasteiger partial charge >= 0.3 is 0 Å². The molecule has 90 valence electrons. The van der Waals surface area contributed by atoms with Crippen LogP contribution in [0.2, 0.25) is 0 Å². The lowest BCUT2D eigenvalue weighted by molar-refractivity contribution is 0.415. The fourth-order valence-corrected chi connectivity index (χ4v) is 2.53. The van der Waals surface area contributed by atoms with E-state index in [-0.39, 0.29) is 0 Å². The van der Waals surface area contributed by atoms with Crippen LogP contribution in [-0.4, -0.2) is 17.3 Å². The van der Waals surface area contributed by atoms with Crippen LogP contribution in [0.3, 0.4) is 0 Å². The normalized spacial score (nSPS) is 10.9. The highest BCUT2D eigenvalue weighted by Crippen LogP contribution is 2.32. The van der Waals surface area contributed by atoms with Crippen molar-refractivity contribution < 1.29 is 4.74 Å². The number of H-pyrrole nitrogens is 1. The third-order valence-corrected chi connectivity index (χ3v) is 3.48. The molecule has 0 aliphatic heterocycles. The van der Waals surface area contributed by atoms with Gasteiger partial charge in [0.1, 0.15) is 11.4 Å². The average Bonchev–Trinajstić information content (AvgIpc) is 2.71. The first kappa shape index (κ1) is 12.2. The topological polar surface area (TPSA) is 37.9 Å². The summed E-state index contributed by atoms with van der Waals surface area (Å²) < 4.78 is 6.18. The van der Waals surface area contributed by atoms with Gasteiger partial charge < -0.3 is 4.74 Å². The number of benzene rings is 1. The predicted octanol–water partition coefficient (Wildman–Crippen LogP) is 3.97. The van der Waals surface area contributed by atoms with E-state index in [9.17, 15) is 0 Å². The molecule has 0 amide bonds. The maximum absolute atomic E-state index is 5.14. The summed E-state index contributed by atoms with van der Waals surface area (Å²) in [4.78, 5) is 0. The van der Waals surface area contributed by atoms with Gasteiger partial charge in [-0.2, -0.15) is 5.10 Å². The van der Waals surface area contributed by atoms with Crippen molar-refractivity contribution in [2.45, 2.75) is 19.8 Å². The van der Waals surface area contributed by atoms with Gasteiger partial charge in [0.25, 0.3) is 0 Å². The van der Waals surface area contributed by atoms with Gasteiger partial charge in [-0.25, -0.2) is 0 Å². The number of ether oxygens (including phenoxy) is 1. The van der Waals surface area contributed by atoms with E-state index >= 15 is 0 Å². The second-order valence-corrected chi connectivity index (χ2v) is 4.98. The Morgan fingerprint density at radius 2 is 1.88 bits per heavy atom. The van der Waals surface area contributed by atoms with Crippen molar-refractivity contribution in [3.05, 3.63) is 34.4 Å². The number of nitrogens with zero attached hydrogens (tertiary/aromatic N) is 1. The fraction of sp³-hybridized carbons (Fsp3) is 0.308. The summed E-state index contributed by atoms with van der Waals surface area (Å²) in [5.74, 6) is 1.27. The number of hydrogen-bond donors (Lipinski definition) is 1. The first-order valence-electron chi connectivity index (χ1n) is 5.51. The first-order chi connectivity index (χ1) is 8.13. The van der Waals surface area contributed by atoms with Gasteiger partial charge in [0.2, 0.25) is 0 Å². The predicted molar refractivity (Wildman–Crippen MR) is 72.4 cm³/mol. The van der Waals surface area contributed by atoms with Crippen molar-refractivity contribution in [2.75, 3.05) is 7.11 Å². The zero-order valence-electron chi connectivity index (χ0n) is 10.1. The number of nitrogens with one attached hydrogen (secondary N) is 1. The van der Waals surface area contributed by atoms with Crippen LogP contribution in [-0.2, 0) is 0 Å². The molecule has 2 rings (SSSR count). The molecule has 0 aliphatic rings. The van der Waals surface area contributed by atoms with Crippen LogP contribution in [0.4, 0.5) is 0 Å². The molecule has 1 aromatic heterocycles. The molecule has 0 fully saturated rings. The van der Waals surface area contributed by atoms with Gasteiger partial charge in [-0.05, 0) is 46.1 Å². The molecule has 0 atom stereocenters. The van der Waals surface area contributed by atoms with E-state index in [0.29, 0.717) is 5.92 Å². The smallest absolute Gasteiger partial charge is 0.118 e. The molecule has 1 aromatic carbocycles. The van der Waals surface area contributed by atoms with Crippen LogP contribution in [0.1, 0.15) is 25.5 Å². The van der Waals surface area contributed by atoms with E-state index in [1.807, 2.05) is 24.3 Å². The molecule has 0 radical (unpaired) electrons. The number of aromatic nitrogens is 2. The van der Waals surface area contributed by atoms with Crippen LogP contribution in [0, 0.1) is 0 Å². The second-order valence-electron chi connectivity index (χ2n) is 4.18. The summed E-state index contributed by atoms with van der Waals surface area (Å²) in [6, 6.07) is 7.88. The molecular weight excluding hydrogens is 280 g/mol. The number of methoxy groups -OCH3 is 1. The fourth-order valence-electron chi connectivity index (χ4n) is 1.66. The Bertz CT molecular complexity index is 503. The first-order valence-corrected chi connectivity index (χ1v) is 6.31. The lowest BCUT2D eigenvalue weighted by Gasteiger charge is -2.03. The molecule has 0 bridgehead atoms. The summed E-state index contributed by atoms with van der Waals surface area (Å²) in [5.41, 5.74) is 3.13. The van der Waals surface area contributed by atoms with Crippen molar-refractivity contribution in [3.63, 3.8) is 0 Å². The van der Waals surface area contributed by atoms with Crippen LogP contribution < -0.4 is 4.74 Å². The van der Waals surface area contributed by atoms with Crippen molar-refractivity contribution in [2.24, 2.45) is 0 Å². The molecule has 0 spiro atoms. The van der Waals surface area contributed by atoms with Gasteiger partial charge in [0, 0.05) is 5.56 Å². The Morgan fingerprint density at radius 3 is 2.35 bits per heavy atom. The van der Waals surface area contributed by atoms with Crippen molar-refractivity contribution in [3.8, 4) is 17.0 Å². The van der Waals surface area contributed by atoms with Gasteiger partial charge in [-0.1, -0.05) is 13.8 Å². The molecule has 3 nitrogen and oxygen atoms in total. The standard InChI is InChI=1S/C13H15BrN2O/c1-8(2)12-11(14)13(16-15-12)9-4-6-10(17-3)7-5-9/h4-8H,1-3H3,(H,15,16). The summed E-state index contributed by atoms with van der Waals surface area (Å²) in [6.07, 6.45) is 0. The zero-order chi connectivity index (χ0) is 12.4. The minimum absolute atomic E-state index is 0.420. The van der Waals surface area contributed by atoms with E-state index < -0.39 is 0 Å². The molecule has 0 unspecified atom stereocenters. The number of aromatic amines is 1. The number of hydrogen-bond acceptors (Lipinski definition) is 2. The van der Waals surface area contributed by atoms with Gasteiger partial charge in [0.05, 0.1) is 17.3 Å². The molecule has 1 N–H and O–H groups in total. The summed E-state index contributed by atoms with van der Waals surface area (Å²) in [6.45, 7) is 4.27. The third kappa shape index (κ3) is 2.36. The second kappa shape index (κ2) is 4.92. The maximum Gasteiger partial charge on any atom is 0.118 e. The minimum atomic E-state index is 0.420. The highest BCUT2D eigenvalue weighted by molar-refractivity contribution is 9.10. The molecule has 0 saturated carbocycles. The minimum Gasteiger partial charge on any atom is -0.497 e. The Labute approximate surface area is 109 Å². The highest BCUT2D eigenvalue weighted by atomic mass is 79.9. The summed E-state index contributed by atoms with van der Waals surface area (Å²) >= 11 is 3.60. The lowest BCUT2D eigenvalue weighted by atomic mass is 10.1. The van der Waals surface area contributed by atoms with E-state index in [1.54, 1.807) is 7.11 Å². The van der Waals surface area contributed by atoms with E-state index in [4.69, 9.17) is 4.74 Å². The Morgan fingerprint density at radius 1 is 1.24 bits per heavy atom. The largest absolute Gasteiger partial charge is 0.497 e. The van der Waals surface area contributed by atoms with E-state index in [0.717, 1.165) is 27.2 Å². The molecule has 2 aromatic rings. The average molecular weight is 295 g/mol. The quantitative estimate of drug-likeness (QED) is 0.930. The number of rotatable bonds is 3. The Hall–Kier alpha value is -1.29. The Kier molecular flexibility index (Phi) is 3.52. The van der Waals surface area contributed by atoms with Gasteiger partial charge in [0.15, 0.2) is 0 Å². The van der Waals surface area contributed by atoms with Crippen LogP contribution >= 0.6 is 15.9 Å². The summed E-state index contributed by atoms with van der Waals surface area (Å²) in [7, 11) is 1.66. The SMILES string of the molecule is COc1ccc(-c2n[nH]c(C(C)C)c2Br)cc1. The zero-order valence-corrected chi connectivity index (χ0v) is 11.7. The van der Waals surface area contributed by atoms with Crippen LogP contribution in [0.5, 0.6) is 5.75 Å². The molecular formula is C13H15BrN2O. The molecule has 17 heavy (non-hydrogen) atoms. The van der Waals surface area contributed by atoms with Crippen LogP contribution in [0.15, 0.2) is 28.7 Å². The van der Waals surface area contributed by atoms with Crippen molar-refractivity contribution in [1.82, 2.24) is 10.2 Å². The van der Waals surface area contributed by atoms with Gasteiger partial charge in [-0.3, -0.25) is 5.10 Å². The van der Waals surface area contributed by atoms with E-state index in [2.05, 4.69) is 40.0 Å². The molecule has 4 heteroatoms. The van der Waals surface area contributed by atoms with Crippen molar-refractivity contribution >= 4 is 15.9 Å². The third-order valence-electron chi connectivity index (χ3n) is 2.67. The number of halogens is 1. The van der Waals surface area contributed by atoms with Crippen LogP contribution in [0.25, 0.3) is 11.3 Å². The molecule has 1 heterocycles. The molecule has 0 saturated heterocycles.